The van der Waals surface area contributed by atoms with Gasteiger partial charge in [-0.3, -0.25) is 0 Å². The molecule has 1 aliphatic rings. The van der Waals surface area contributed by atoms with Crippen LogP contribution >= 0.6 is 11.6 Å². The Bertz CT molecular complexity index is 322. The second-order valence-electron chi connectivity index (χ2n) is 3.54. The van der Waals surface area contributed by atoms with Crippen LogP contribution < -0.4 is 0 Å². The van der Waals surface area contributed by atoms with Crippen LogP contribution in [0.1, 0.15) is 24.3 Å². The van der Waals surface area contributed by atoms with Crippen molar-refractivity contribution in [3.05, 3.63) is 34.9 Å². The fourth-order valence-electron chi connectivity index (χ4n) is 1.84. The monoisotopic (exact) mass is 194 g/mol. The van der Waals surface area contributed by atoms with Gasteiger partial charge in [-0.1, -0.05) is 23.7 Å². The molecule has 13 heavy (non-hydrogen) atoms. The van der Waals surface area contributed by atoms with Gasteiger partial charge in [-0.25, -0.2) is 0 Å². The van der Waals surface area contributed by atoms with Crippen molar-refractivity contribution < 1.29 is 4.79 Å². The lowest BCUT2D eigenvalue weighted by Gasteiger charge is -2.32. The molecule has 2 heteroatoms. The summed E-state index contributed by atoms with van der Waals surface area (Å²) >= 11 is 5.87. The van der Waals surface area contributed by atoms with E-state index in [4.69, 9.17) is 11.6 Å². The zero-order valence-electron chi connectivity index (χ0n) is 7.24. The van der Waals surface area contributed by atoms with Gasteiger partial charge in [0.25, 0.3) is 0 Å². The second-order valence-corrected chi connectivity index (χ2v) is 3.98. The van der Waals surface area contributed by atoms with E-state index in [0.29, 0.717) is 5.92 Å². The number of carbonyl (C=O) groups excluding carboxylic acids is 1. The number of carbonyl (C=O) groups is 1. The first-order chi connectivity index (χ1) is 6.31. The Balaban J connectivity index is 2.21. The van der Waals surface area contributed by atoms with Gasteiger partial charge in [-0.15, -0.1) is 0 Å². The molecule has 1 aromatic rings. The summed E-state index contributed by atoms with van der Waals surface area (Å²) in [6.07, 6.45) is 3.21. The summed E-state index contributed by atoms with van der Waals surface area (Å²) < 4.78 is 0. The zero-order valence-corrected chi connectivity index (χ0v) is 8.00. The maximum atomic E-state index is 10.6. The molecule has 1 nitrogen and oxygen atoms in total. The molecule has 2 atom stereocenters. The van der Waals surface area contributed by atoms with E-state index >= 15 is 0 Å². The SMILES string of the molecule is O=CC1CCC1c1cccc(Cl)c1. The van der Waals surface area contributed by atoms with Crippen molar-refractivity contribution in [1.82, 2.24) is 0 Å². The highest BCUT2D eigenvalue weighted by molar-refractivity contribution is 6.30. The molecule has 0 heterocycles. The van der Waals surface area contributed by atoms with Crippen LogP contribution in [0, 0.1) is 5.92 Å². The Morgan fingerprint density at radius 3 is 2.77 bits per heavy atom. The number of hydrogen-bond acceptors (Lipinski definition) is 1. The number of halogens is 1. The minimum absolute atomic E-state index is 0.221. The Morgan fingerprint density at radius 1 is 1.38 bits per heavy atom. The molecule has 0 bridgehead atoms. The van der Waals surface area contributed by atoms with Gasteiger partial charge in [0.15, 0.2) is 0 Å². The Labute approximate surface area is 82.7 Å². The molecule has 1 fully saturated rings. The summed E-state index contributed by atoms with van der Waals surface area (Å²) in [6, 6.07) is 7.81. The highest BCUT2D eigenvalue weighted by Crippen LogP contribution is 2.41. The van der Waals surface area contributed by atoms with Gasteiger partial charge in [0.05, 0.1) is 0 Å². The third-order valence-electron chi connectivity index (χ3n) is 2.78. The third-order valence-corrected chi connectivity index (χ3v) is 3.01. The molecule has 0 aromatic heterocycles. The average molecular weight is 195 g/mol. The maximum Gasteiger partial charge on any atom is 0.123 e. The normalized spacial score (nSPS) is 26.5. The fourth-order valence-corrected chi connectivity index (χ4v) is 2.04. The standard InChI is InChI=1S/C11H11ClO/c12-10-3-1-2-8(6-10)11-5-4-9(11)7-13/h1-3,6-7,9,11H,4-5H2. The van der Waals surface area contributed by atoms with E-state index in [2.05, 4.69) is 0 Å². The van der Waals surface area contributed by atoms with Gasteiger partial charge < -0.3 is 4.79 Å². The zero-order chi connectivity index (χ0) is 9.26. The van der Waals surface area contributed by atoms with E-state index < -0.39 is 0 Å². The number of rotatable bonds is 2. The van der Waals surface area contributed by atoms with Crippen LogP contribution in [0.2, 0.25) is 5.02 Å². The van der Waals surface area contributed by atoms with Gasteiger partial charge >= 0.3 is 0 Å². The van der Waals surface area contributed by atoms with Crippen molar-refractivity contribution in [3.63, 3.8) is 0 Å². The minimum atomic E-state index is 0.221. The molecule has 0 spiro atoms. The molecule has 0 aliphatic heterocycles. The molecule has 1 aliphatic carbocycles. The molecular formula is C11H11ClO. The molecular weight excluding hydrogens is 184 g/mol. The van der Waals surface area contributed by atoms with E-state index in [-0.39, 0.29) is 5.92 Å². The largest absolute Gasteiger partial charge is 0.303 e. The highest BCUT2D eigenvalue weighted by Gasteiger charge is 2.31. The van der Waals surface area contributed by atoms with Crippen LogP contribution in [0.5, 0.6) is 0 Å². The van der Waals surface area contributed by atoms with E-state index in [0.717, 1.165) is 24.2 Å². The number of hydrogen-bond donors (Lipinski definition) is 0. The molecule has 2 rings (SSSR count). The summed E-state index contributed by atoms with van der Waals surface area (Å²) in [6.45, 7) is 0. The topological polar surface area (TPSA) is 17.1 Å². The van der Waals surface area contributed by atoms with E-state index in [9.17, 15) is 4.79 Å². The molecule has 2 unspecified atom stereocenters. The first-order valence-corrected chi connectivity index (χ1v) is 4.90. The average Bonchev–Trinajstić information content (AvgIpc) is 2.03. The van der Waals surface area contributed by atoms with Gasteiger partial charge in [0.2, 0.25) is 0 Å². The Morgan fingerprint density at radius 2 is 2.23 bits per heavy atom. The number of benzene rings is 1. The van der Waals surface area contributed by atoms with Gasteiger partial charge in [-0.2, -0.15) is 0 Å². The molecule has 1 saturated carbocycles. The lowest BCUT2D eigenvalue weighted by molar-refractivity contribution is -0.113. The van der Waals surface area contributed by atoms with E-state index in [1.165, 1.54) is 5.56 Å². The summed E-state index contributed by atoms with van der Waals surface area (Å²) in [5.74, 6) is 0.634. The van der Waals surface area contributed by atoms with Crippen molar-refractivity contribution in [2.75, 3.05) is 0 Å². The first-order valence-electron chi connectivity index (χ1n) is 4.52. The molecule has 0 radical (unpaired) electrons. The quantitative estimate of drug-likeness (QED) is 0.662. The van der Waals surface area contributed by atoms with Crippen LogP contribution in [-0.4, -0.2) is 6.29 Å². The van der Waals surface area contributed by atoms with Gasteiger partial charge in [-0.05, 0) is 36.5 Å². The smallest absolute Gasteiger partial charge is 0.123 e. The molecule has 68 valence electrons. The molecule has 0 saturated heterocycles. The predicted molar refractivity (Wildman–Crippen MR) is 53.0 cm³/mol. The van der Waals surface area contributed by atoms with Crippen LogP contribution in [0.3, 0.4) is 0 Å². The summed E-state index contributed by atoms with van der Waals surface area (Å²) in [4.78, 5) is 10.6. The highest BCUT2D eigenvalue weighted by atomic mass is 35.5. The van der Waals surface area contributed by atoms with Gasteiger partial charge in [0, 0.05) is 10.9 Å². The van der Waals surface area contributed by atoms with Crippen LogP contribution in [0.15, 0.2) is 24.3 Å². The van der Waals surface area contributed by atoms with Crippen molar-refractivity contribution in [1.29, 1.82) is 0 Å². The van der Waals surface area contributed by atoms with Crippen LogP contribution in [-0.2, 0) is 4.79 Å². The minimum Gasteiger partial charge on any atom is -0.303 e. The first kappa shape index (κ1) is 8.76. The Kier molecular flexibility index (Phi) is 2.36. The fraction of sp³-hybridized carbons (Fsp3) is 0.364. The third kappa shape index (κ3) is 1.61. The van der Waals surface area contributed by atoms with Crippen LogP contribution in [0.25, 0.3) is 0 Å². The molecule has 0 amide bonds. The van der Waals surface area contributed by atoms with Crippen molar-refractivity contribution in [2.45, 2.75) is 18.8 Å². The number of aldehydes is 1. The van der Waals surface area contributed by atoms with E-state index in [1.807, 2.05) is 24.3 Å². The predicted octanol–water partition coefficient (Wildman–Crippen LogP) is 3.03. The van der Waals surface area contributed by atoms with Crippen molar-refractivity contribution in [3.8, 4) is 0 Å². The van der Waals surface area contributed by atoms with Gasteiger partial charge in [0.1, 0.15) is 6.29 Å². The Hall–Kier alpha value is -0.820. The summed E-state index contributed by atoms with van der Waals surface area (Å²) in [5, 5.41) is 0.758. The summed E-state index contributed by atoms with van der Waals surface area (Å²) in [5.41, 5.74) is 1.20. The van der Waals surface area contributed by atoms with Crippen molar-refractivity contribution >= 4 is 17.9 Å². The second kappa shape index (κ2) is 3.51. The maximum absolute atomic E-state index is 10.6. The summed E-state index contributed by atoms with van der Waals surface area (Å²) in [7, 11) is 0. The molecule has 0 N–H and O–H groups in total. The van der Waals surface area contributed by atoms with Crippen LogP contribution in [0.4, 0.5) is 0 Å². The van der Waals surface area contributed by atoms with E-state index in [1.54, 1.807) is 0 Å². The lowest BCUT2D eigenvalue weighted by atomic mass is 9.71. The lowest BCUT2D eigenvalue weighted by Crippen LogP contribution is -2.24. The van der Waals surface area contributed by atoms with Crippen molar-refractivity contribution in [2.24, 2.45) is 5.92 Å². The molecule has 1 aromatic carbocycles.